The summed E-state index contributed by atoms with van der Waals surface area (Å²) < 4.78 is 8.97. The molecule has 0 bridgehead atoms. The maximum atomic E-state index is 6.41. The lowest BCUT2D eigenvalue weighted by Crippen LogP contribution is -2.28. The Balaban J connectivity index is 0.993. The molecule has 2 heterocycles. The van der Waals surface area contributed by atoms with Crippen molar-refractivity contribution in [2.45, 2.75) is 5.41 Å². The number of benzene rings is 11. The van der Waals surface area contributed by atoms with E-state index in [2.05, 4.69) is 241 Å². The summed E-state index contributed by atoms with van der Waals surface area (Å²) in [7, 11) is 0. The second kappa shape index (κ2) is 15.3. The number of nitrogens with zero attached hydrogens (tertiary/aromatic N) is 1. The van der Waals surface area contributed by atoms with Crippen LogP contribution in [0.3, 0.4) is 0 Å². The van der Waals surface area contributed by atoms with Crippen molar-refractivity contribution in [3.63, 3.8) is 0 Å². The normalized spacial score (nSPS) is 12.8. The number of hydrogen-bond acceptors (Lipinski definition) is 3. The van der Waals surface area contributed by atoms with Gasteiger partial charge >= 0.3 is 0 Å². The lowest BCUT2D eigenvalue weighted by Gasteiger charge is -2.34. The summed E-state index contributed by atoms with van der Waals surface area (Å²) >= 11 is 1.89. The quantitative estimate of drug-likeness (QED) is 0.159. The Morgan fingerprint density at radius 1 is 0.338 bits per heavy atom. The van der Waals surface area contributed by atoms with Gasteiger partial charge in [-0.1, -0.05) is 200 Å². The standard InChI is InChI=1S/C65H41NOS/c1-3-19-46(20-4-1)65(47-21-5-2-6-22-47)57-29-12-9-26-51(57)56-40-45(35-38-58(56)65)49-24-10-13-30-59(49)66(60-31-16-28-54-55-37-33-42-17-7-8-25-50(42)63(55)68-64(54)60)48-23-15-18-43(39-48)44-34-36-53-52-27-11-14-32-61(52)67-62(53)41-44/h1-41H. The average molecular weight is 884 g/mol. The third kappa shape index (κ3) is 5.76. The smallest absolute Gasteiger partial charge is 0.136 e. The Morgan fingerprint density at radius 3 is 1.79 bits per heavy atom. The van der Waals surface area contributed by atoms with Gasteiger partial charge < -0.3 is 9.32 Å². The second-order valence-electron chi connectivity index (χ2n) is 17.9. The molecule has 0 unspecified atom stereocenters. The van der Waals surface area contributed by atoms with Crippen LogP contribution in [0.2, 0.25) is 0 Å². The molecule has 0 aliphatic heterocycles. The first-order chi connectivity index (χ1) is 33.7. The van der Waals surface area contributed by atoms with Gasteiger partial charge in [0.1, 0.15) is 11.2 Å². The summed E-state index contributed by atoms with van der Waals surface area (Å²) in [6.45, 7) is 0. The molecule has 0 atom stereocenters. The van der Waals surface area contributed by atoms with E-state index in [1.807, 2.05) is 23.5 Å². The van der Waals surface area contributed by atoms with Crippen molar-refractivity contribution in [1.29, 1.82) is 0 Å². The van der Waals surface area contributed by atoms with Gasteiger partial charge in [-0.3, -0.25) is 0 Å². The molecule has 0 saturated carbocycles. The molecule has 0 amide bonds. The Morgan fingerprint density at radius 2 is 0.941 bits per heavy atom. The molecule has 3 heteroatoms. The van der Waals surface area contributed by atoms with E-state index in [4.69, 9.17) is 4.42 Å². The number of furan rings is 1. The fourth-order valence-electron chi connectivity index (χ4n) is 11.4. The van der Waals surface area contributed by atoms with Crippen LogP contribution in [0.25, 0.3) is 86.3 Å². The van der Waals surface area contributed by atoms with E-state index >= 15 is 0 Å². The number of rotatable bonds is 7. The first-order valence-corrected chi connectivity index (χ1v) is 24.1. The zero-order valence-electron chi connectivity index (χ0n) is 36.9. The fourth-order valence-corrected chi connectivity index (χ4v) is 12.7. The van der Waals surface area contributed by atoms with Crippen molar-refractivity contribution in [2.75, 3.05) is 4.90 Å². The van der Waals surface area contributed by atoms with Crippen molar-refractivity contribution in [3.05, 3.63) is 271 Å². The summed E-state index contributed by atoms with van der Waals surface area (Å²) in [5, 5.41) is 7.34. The van der Waals surface area contributed by atoms with E-state index in [9.17, 15) is 0 Å². The monoisotopic (exact) mass is 883 g/mol. The lowest BCUT2D eigenvalue weighted by molar-refractivity contribution is 0.669. The summed E-state index contributed by atoms with van der Waals surface area (Å²) in [5.74, 6) is 0. The molecule has 2 aromatic heterocycles. The molecule has 68 heavy (non-hydrogen) atoms. The van der Waals surface area contributed by atoms with Gasteiger partial charge in [0, 0.05) is 37.5 Å². The Hall–Kier alpha value is -8.50. The molecule has 11 aromatic carbocycles. The molecular formula is C65H41NOS. The summed E-state index contributed by atoms with van der Waals surface area (Å²) in [5.41, 5.74) is 16.9. The van der Waals surface area contributed by atoms with Gasteiger partial charge in [0.2, 0.25) is 0 Å². The molecule has 0 N–H and O–H groups in total. The predicted molar refractivity (Wildman–Crippen MR) is 287 cm³/mol. The zero-order valence-corrected chi connectivity index (χ0v) is 37.8. The van der Waals surface area contributed by atoms with Crippen molar-refractivity contribution in [3.8, 4) is 33.4 Å². The van der Waals surface area contributed by atoms with Crippen LogP contribution in [0.1, 0.15) is 22.3 Å². The Kier molecular flexibility index (Phi) is 8.71. The maximum absolute atomic E-state index is 6.41. The summed E-state index contributed by atoms with van der Waals surface area (Å²) in [4.78, 5) is 2.50. The molecule has 1 aliphatic carbocycles. The third-order valence-corrected chi connectivity index (χ3v) is 15.6. The van der Waals surface area contributed by atoms with E-state index in [1.165, 1.54) is 64.3 Å². The Labute approximate surface area is 398 Å². The predicted octanol–water partition coefficient (Wildman–Crippen LogP) is 18.3. The van der Waals surface area contributed by atoms with Crippen molar-refractivity contribution < 1.29 is 4.42 Å². The van der Waals surface area contributed by atoms with Crippen LogP contribution in [0, 0.1) is 0 Å². The molecule has 1 aliphatic rings. The van der Waals surface area contributed by atoms with Crippen LogP contribution >= 0.6 is 11.3 Å². The average Bonchev–Trinajstić information content (AvgIpc) is 4.08. The van der Waals surface area contributed by atoms with Gasteiger partial charge in [-0.2, -0.15) is 0 Å². The van der Waals surface area contributed by atoms with Gasteiger partial charge in [-0.15, -0.1) is 11.3 Å². The Bertz CT molecular complexity index is 4070. The van der Waals surface area contributed by atoms with Crippen LogP contribution in [0.4, 0.5) is 17.1 Å². The minimum absolute atomic E-state index is 0.467. The molecular weight excluding hydrogens is 843 g/mol. The fraction of sp³-hybridized carbons (Fsp3) is 0.0154. The van der Waals surface area contributed by atoms with Gasteiger partial charge in [0.15, 0.2) is 0 Å². The van der Waals surface area contributed by atoms with Crippen molar-refractivity contribution in [1.82, 2.24) is 0 Å². The van der Waals surface area contributed by atoms with Gasteiger partial charge in [-0.25, -0.2) is 0 Å². The van der Waals surface area contributed by atoms with Gasteiger partial charge in [-0.05, 0) is 109 Å². The molecule has 0 spiro atoms. The molecule has 0 radical (unpaired) electrons. The highest BCUT2D eigenvalue weighted by Gasteiger charge is 2.46. The van der Waals surface area contributed by atoms with Crippen LogP contribution < -0.4 is 4.90 Å². The highest BCUT2D eigenvalue weighted by molar-refractivity contribution is 7.27. The van der Waals surface area contributed by atoms with Crippen LogP contribution in [0.15, 0.2) is 253 Å². The third-order valence-electron chi connectivity index (χ3n) is 14.3. The largest absolute Gasteiger partial charge is 0.456 e. The van der Waals surface area contributed by atoms with E-state index in [0.29, 0.717) is 0 Å². The first-order valence-electron chi connectivity index (χ1n) is 23.3. The van der Waals surface area contributed by atoms with Crippen LogP contribution in [0.5, 0.6) is 0 Å². The van der Waals surface area contributed by atoms with E-state index < -0.39 is 5.41 Å². The number of anilines is 3. The molecule has 318 valence electrons. The zero-order chi connectivity index (χ0) is 44.8. The minimum atomic E-state index is -0.467. The topological polar surface area (TPSA) is 16.4 Å². The van der Waals surface area contributed by atoms with Gasteiger partial charge in [0.05, 0.1) is 21.5 Å². The van der Waals surface area contributed by atoms with Gasteiger partial charge in [0.25, 0.3) is 0 Å². The van der Waals surface area contributed by atoms with E-state index in [1.54, 1.807) is 0 Å². The van der Waals surface area contributed by atoms with Crippen LogP contribution in [-0.4, -0.2) is 0 Å². The van der Waals surface area contributed by atoms with E-state index in [-0.39, 0.29) is 0 Å². The maximum Gasteiger partial charge on any atom is 0.136 e. The van der Waals surface area contributed by atoms with Crippen molar-refractivity contribution in [2.24, 2.45) is 0 Å². The molecule has 13 aromatic rings. The number of para-hydroxylation sites is 2. The number of hydrogen-bond donors (Lipinski definition) is 0. The highest BCUT2D eigenvalue weighted by atomic mass is 32.1. The van der Waals surface area contributed by atoms with Crippen LogP contribution in [-0.2, 0) is 5.41 Å². The van der Waals surface area contributed by atoms with Crippen molar-refractivity contribution >= 4 is 81.3 Å². The number of thiophene rings is 1. The molecule has 0 fully saturated rings. The molecule has 14 rings (SSSR count). The van der Waals surface area contributed by atoms with E-state index in [0.717, 1.165) is 61.3 Å². The highest BCUT2D eigenvalue weighted by Crippen LogP contribution is 2.57. The SMILES string of the molecule is c1ccc(C2(c3ccccc3)c3ccccc3-c3cc(-c4ccccc4N(c4cccc(-c5ccc6c(c5)oc5ccccc56)c4)c4cccc5c4sc4c6ccccc6ccc54)ccc32)cc1. The molecule has 2 nitrogen and oxygen atoms in total. The summed E-state index contributed by atoms with van der Waals surface area (Å²) in [6, 6.07) is 91.4. The second-order valence-corrected chi connectivity index (χ2v) is 18.9. The minimum Gasteiger partial charge on any atom is -0.456 e. The lowest BCUT2D eigenvalue weighted by atomic mass is 9.67. The summed E-state index contributed by atoms with van der Waals surface area (Å²) in [6.07, 6.45) is 0. The molecule has 0 saturated heterocycles. The first kappa shape index (κ1) is 38.7. The number of fused-ring (bicyclic) bond motifs is 11.